The van der Waals surface area contributed by atoms with Gasteiger partial charge in [0.15, 0.2) is 0 Å². The number of fused-ring (bicyclic) bond motifs is 1. The Hall–Kier alpha value is -2.61. The number of rotatable bonds is 6. The number of nitrogens with two attached hydrogens (primary N) is 1. The fourth-order valence-corrected chi connectivity index (χ4v) is 4.61. The molecular formula is C21H31N5O3. The Kier molecular flexibility index (Phi) is 6.74. The number of primary amides is 1. The van der Waals surface area contributed by atoms with Gasteiger partial charge in [-0.2, -0.15) is 0 Å². The van der Waals surface area contributed by atoms with Gasteiger partial charge in [-0.05, 0) is 44.8 Å². The van der Waals surface area contributed by atoms with E-state index in [0.717, 1.165) is 32.2 Å². The van der Waals surface area contributed by atoms with Gasteiger partial charge in [-0.25, -0.2) is 4.79 Å². The molecule has 0 aliphatic carbocycles. The molecule has 2 heterocycles. The molecule has 1 aromatic rings. The summed E-state index contributed by atoms with van der Waals surface area (Å²) in [7, 11) is 2.01. The molecule has 8 nitrogen and oxygen atoms in total. The zero-order valence-electron chi connectivity index (χ0n) is 17.0. The Morgan fingerprint density at radius 1 is 1.14 bits per heavy atom. The van der Waals surface area contributed by atoms with E-state index >= 15 is 0 Å². The topological polar surface area (TPSA) is 108 Å². The molecule has 2 saturated heterocycles. The fraction of sp³-hybridized carbons (Fsp3) is 0.571. The van der Waals surface area contributed by atoms with E-state index in [4.69, 9.17) is 5.73 Å². The highest BCUT2D eigenvalue weighted by Crippen LogP contribution is 2.42. The average Bonchev–Trinajstić information content (AvgIpc) is 2.72. The third-order valence-electron chi connectivity index (χ3n) is 6.19. The summed E-state index contributed by atoms with van der Waals surface area (Å²) in [5.41, 5.74) is 5.71. The van der Waals surface area contributed by atoms with Gasteiger partial charge in [-0.1, -0.05) is 30.3 Å². The van der Waals surface area contributed by atoms with Crippen LogP contribution in [0.2, 0.25) is 0 Å². The highest BCUT2D eigenvalue weighted by atomic mass is 16.2. The smallest absolute Gasteiger partial charge is 0.312 e. The standard InChI is InChI=1S/C21H31N5O3/c1-25-13-10-21(19(28)23-11-8-16-6-3-2-4-7-16)9-5-12-26(17(21)15-25)18(27)14-24-20(22)29/h2-4,6-7,17H,5,8-15H2,1H3,(H,23,28)(H3,22,24,29)/t17-,21+/m0/s1. The number of carbonyl (C=O) groups is 3. The van der Waals surface area contributed by atoms with Crippen molar-refractivity contribution in [2.75, 3.05) is 39.8 Å². The van der Waals surface area contributed by atoms with Gasteiger partial charge in [0.05, 0.1) is 18.0 Å². The molecule has 2 fully saturated rings. The number of likely N-dealkylation sites (N-methyl/N-ethyl adjacent to an activating group) is 1. The minimum atomic E-state index is -0.721. The maximum Gasteiger partial charge on any atom is 0.312 e. The molecule has 2 aliphatic rings. The Balaban J connectivity index is 1.70. The predicted molar refractivity (Wildman–Crippen MR) is 110 cm³/mol. The summed E-state index contributed by atoms with van der Waals surface area (Å²) in [5.74, 6) is -0.155. The van der Waals surface area contributed by atoms with Gasteiger partial charge >= 0.3 is 6.03 Å². The van der Waals surface area contributed by atoms with Crippen molar-refractivity contribution in [3.63, 3.8) is 0 Å². The van der Waals surface area contributed by atoms with Crippen LogP contribution in [0.25, 0.3) is 0 Å². The second kappa shape index (κ2) is 9.26. The normalized spacial score (nSPS) is 24.4. The molecule has 2 aliphatic heterocycles. The number of hydrogen-bond donors (Lipinski definition) is 3. The number of nitrogens with zero attached hydrogens (tertiary/aromatic N) is 2. The summed E-state index contributed by atoms with van der Waals surface area (Å²) in [5, 5.41) is 5.51. The lowest BCUT2D eigenvalue weighted by molar-refractivity contribution is -0.153. The van der Waals surface area contributed by atoms with Crippen LogP contribution in [-0.4, -0.2) is 73.5 Å². The van der Waals surface area contributed by atoms with E-state index in [-0.39, 0.29) is 24.4 Å². The molecule has 29 heavy (non-hydrogen) atoms. The SMILES string of the molecule is CN1CC[C@]2(C(=O)NCCc3ccccc3)CCCN(C(=O)CNC(N)=O)[C@H]2C1. The maximum atomic E-state index is 13.3. The molecular weight excluding hydrogens is 370 g/mol. The lowest BCUT2D eigenvalue weighted by atomic mass is 9.67. The van der Waals surface area contributed by atoms with Crippen molar-refractivity contribution in [3.05, 3.63) is 35.9 Å². The van der Waals surface area contributed by atoms with Crippen LogP contribution in [0.4, 0.5) is 4.79 Å². The van der Waals surface area contributed by atoms with E-state index in [0.29, 0.717) is 19.6 Å². The van der Waals surface area contributed by atoms with E-state index in [1.54, 1.807) is 4.90 Å². The number of hydrogen-bond acceptors (Lipinski definition) is 4. The van der Waals surface area contributed by atoms with Gasteiger partial charge in [0.25, 0.3) is 0 Å². The summed E-state index contributed by atoms with van der Waals surface area (Å²) in [6, 6.07) is 9.15. The summed E-state index contributed by atoms with van der Waals surface area (Å²) in [6.45, 7) is 2.50. The van der Waals surface area contributed by atoms with Crippen molar-refractivity contribution in [1.82, 2.24) is 20.4 Å². The second-order valence-corrected chi connectivity index (χ2v) is 8.08. The molecule has 3 rings (SSSR count). The van der Waals surface area contributed by atoms with Crippen LogP contribution in [0.5, 0.6) is 0 Å². The number of likely N-dealkylation sites (tertiary alicyclic amines) is 2. The van der Waals surface area contributed by atoms with Crippen molar-refractivity contribution in [3.8, 4) is 0 Å². The zero-order valence-corrected chi connectivity index (χ0v) is 17.0. The van der Waals surface area contributed by atoms with Crippen LogP contribution < -0.4 is 16.4 Å². The first-order chi connectivity index (χ1) is 13.9. The first kappa shape index (κ1) is 21.1. The molecule has 0 saturated carbocycles. The first-order valence-corrected chi connectivity index (χ1v) is 10.3. The van der Waals surface area contributed by atoms with Gasteiger partial charge < -0.3 is 26.2 Å². The monoisotopic (exact) mass is 401 g/mol. The molecule has 158 valence electrons. The van der Waals surface area contributed by atoms with Gasteiger partial charge in [0.1, 0.15) is 0 Å². The third kappa shape index (κ3) is 4.87. The average molecular weight is 402 g/mol. The quantitative estimate of drug-likeness (QED) is 0.638. The summed E-state index contributed by atoms with van der Waals surface area (Å²) in [6.07, 6.45) is 3.04. The summed E-state index contributed by atoms with van der Waals surface area (Å²) in [4.78, 5) is 41.0. The number of nitrogens with one attached hydrogen (secondary N) is 2. The zero-order chi connectivity index (χ0) is 20.9. The molecule has 0 bridgehead atoms. The Morgan fingerprint density at radius 2 is 1.90 bits per heavy atom. The van der Waals surface area contributed by atoms with Crippen molar-refractivity contribution in [1.29, 1.82) is 0 Å². The molecule has 0 aromatic heterocycles. The predicted octanol–water partition coefficient (Wildman–Crippen LogP) is 0.327. The first-order valence-electron chi connectivity index (χ1n) is 10.3. The van der Waals surface area contributed by atoms with E-state index in [1.807, 2.05) is 25.2 Å². The van der Waals surface area contributed by atoms with Gasteiger partial charge in [0, 0.05) is 19.6 Å². The minimum Gasteiger partial charge on any atom is -0.355 e. The van der Waals surface area contributed by atoms with Crippen molar-refractivity contribution < 1.29 is 14.4 Å². The van der Waals surface area contributed by atoms with Crippen LogP contribution in [0.15, 0.2) is 30.3 Å². The number of urea groups is 1. The molecule has 1 aromatic carbocycles. The highest BCUT2D eigenvalue weighted by molar-refractivity contribution is 5.87. The maximum absolute atomic E-state index is 13.3. The number of amides is 4. The fourth-order valence-electron chi connectivity index (χ4n) is 4.61. The van der Waals surface area contributed by atoms with Crippen molar-refractivity contribution >= 4 is 17.8 Å². The lowest BCUT2D eigenvalue weighted by Crippen LogP contribution is -2.67. The largest absolute Gasteiger partial charge is 0.355 e. The van der Waals surface area contributed by atoms with Crippen molar-refractivity contribution in [2.45, 2.75) is 31.7 Å². The van der Waals surface area contributed by atoms with Gasteiger partial charge in [-0.15, -0.1) is 0 Å². The van der Waals surface area contributed by atoms with Crippen LogP contribution >= 0.6 is 0 Å². The molecule has 4 N–H and O–H groups in total. The second-order valence-electron chi connectivity index (χ2n) is 8.08. The summed E-state index contributed by atoms with van der Waals surface area (Å²) >= 11 is 0. The van der Waals surface area contributed by atoms with Gasteiger partial charge in [-0.3, -0.25) is 9.59 Å². The van der Waals surface area contributed by atoms with E-state index in [9.17, 15) is 14.4 Å². The lowest BCUT2D eigenvalue weighted by Gasteiger charge is -2.53. The Morgan fingerprint density at radius 3 is 2.62 bits per heavy atom. The van der Waals surface area contributed by atoms with Gasteiger partial charge in [0.2, 0.25) is 11.8 Å². The van der Waals surface area contributed by atoms with E-state index in [2.05, 4.69) is 27.7 Å². The molecule has 8 heteroatoms. The van der Waals surface area contributed by atoms with Crippen LogP contribution in [0.1, 0.15) is 24.8 Å². The highest BCUT2D eigenvalue weighted by Gasteiger charge is 2.53. The van der Waals surface area contributed by atoms with Crippen molar-refractivity contribution in [2.24, 2.45) is 11.1 Å². The van der Waals surface area contributed by atoms with E-state index in [1.165, 1.54) is 5.56 Å². The number of benzene rings is 1. The van der Waals surface area contributed by atoms with E-state index < -0.39 is 11.4 Å². The third-order valence-corrected chi connectivity index (χ3v) is 6.19. The molecule has 4 amide bonds. The molecule has 0 radical (unpaired) electrons. The van der Waals surface area contributed by atoms with Crippen LogP contribution in [0, 0.1) is 5.41 Å². The molecule has 2 atom stereocenters. The number of carbonyl (C=O) groups excluding carboxylic acids is 3. The minimum absolute atomic E-state index is 0.0342. The van der Waals surface area contributed by atoms with Crippen LogP contribution in [-0.2, 0) is 16.0 Å². The van der Waals surface area contributed by atoms with Crippen LogP contribution in [0.3, 0.4) is 0 Å². The Labute approximate surface area is 171 Å². The number of piperidine rings is 2. The Bertz CT molecular complexity index is 741. The summed E-state index contributed by atoms with van der Waals surface area (Å²) < 4.78 is 0. The molecule has 0 spiro atoms. The molecule has 0 unspecified atom stereocenters.